The van der Waals surface area contributed by atoms with Gasteiger partial charge in [0.2, 0.25) is 0 Å². The van der Waals surface area contributed by atoms with Gasteiger partial charge >= 0.3 is 0 Å². The van der Waals surface area contributed by atoms with Crippen LogP contribution in [-0.2, 0) is 4.79 Å². The van der Waals surface area contributed by atoms with Crippen molar-refractivity contribution in [1.29, 1.82) is 0 Å². The fraction of sp³-hybridized carbons (Fsp3) is 0.150. The van der Waals surface area contributed by atoms with Crippen LogP contribution in [-0.4, -0.2) is 5.91 Å². The first-order valence-electron chi connectivity index (χ1n) is 7.84. The summed E-state index contributed by atoms with van der Waals surface area (Å²) in [5.74, 6) is 0.156. The molecule has 2 aromatic carbocycles. The number of anilines is 1. The summed E-state index contributed by atoms with van der Waals surface area (Å²) >= 11 is 2.39. The van der Waals surface area contributed by atoms with Gasteiger partial charge in [0.05, 0.1) is 5.70 Å². The van der Waals surface area contributed by atoms with Crippen molar-refractivity contribution >= 4 is 37.8 Å². The molecule has 114 valence electrons. The Morgan fingerprint density at radius 3 is 2.17 bits per heavy atom. The Balaban J connectivity index is 1.91. The third-order valence-corrected chi connectivity index (χ3v) is 5.57. The number of para-hydroxylation sites is 1. The van der Waals surface area contributed by atoms with Crippen molar-refractivity contribution in [2.24, 2.45) is 0 Å². The predicted octanol–water partition coefficient (Wildman–Crippen LogP) is 5.32. The second-order valence-corrected chi connectivity index (χ2v) is 6.89. The average molecular weight is 413 g/mol. The minimum atomic E-state index is 0.156. The lowest BCUT2D eigenvalue weighted by Crippen LogP contribution is -2.26. The number of carbonyl (C=O) groups excluding carboxylic acids is 1. The van der Waals surface area contributed by atoms with E-state index < -0.39 is 0 Å². The fourth-order valence-corrected chi connectivity index (χ4v) is 4.31. The number of carbonyl (C=O) groups is 1. The van der Waals surface area contributed by atoms with Crippen molar-refractivity contribution < 1.29 is 4.79 Å². The number of amides is 1. The maximum Gasteiger partial charge on any atom is 0.259 e. The molecular weight excluding hydrogens is 397 g/mol. The summed E-state index contributed by atoms with van der Waals surface area (Å²) in [4.78, 5) is 14.9. The molecule has 0 radical (unpaired) electrons. The third-order valence-electron chi connectivity index (χ3n) is 4.44. The molecular formula is C20H16INO. The van der Waals surface area contributed by atoms with E-state index in [1.54, 1.807) is 0 Å². The maximum absolute atomic E-state index is 13.0. The van der Waals surface area contributed by atoms with Gasteiger partial charge in [-0.1, -0.05) is 48.5 Å². The Hall–Kier alpha value is -1.88. The number of nitrogens with zero attached hydrogens (tertiary/aromatic N) is 1. The number of rotatable bonds is 2. The first kappa shape index (κ1) is 14.7. The lowest BCUT2D eigenvalue weighted by Gasteiger charge is -2.23. The van der Waals surface area contributed by atoms with Crippen LogP contribution in [0.25, 0.3) is 3.58 Å². The van der Waals surface area contributed by atoms with Gasteiger partial charge in [0.15, 0.2) is 0 Å². The lowest BCUT2D eigenvalue weighted by molar-refractivity contribution is -0.114. The second kappa shape index (κ2) is 5.96. The van der Waals surface area contributed by atoms with Gasteiger partial charge in [-0.3, -0.25) is 9.69 Å². The molecule has 1 heterocycles. The molecule has 1 aliphatic carbocycles. The van der Waals surface area contributed by atoms with Gasteiger partial charge in [0, 0.05) is 14.8 Å². The summed E-state index contributed by atoms with van der Waals surface area (Å²) < 4.78 is 1.15. The van der Waals surface area contributed by atoms with E-state index in [1.165, 1.54) is 5.57 Å². The van der Waals surface area contributed by atoms with E-state index in [4.69, 9.17) is 0 Å². The minimum Gasteiger partial charge on any atom is -0.276 e. The van der Waals surface area contributed by atoms with Gasteiger partial charge in [0.25, 0.3) is 5.91 Å². The zero-order valence-corrected chi connectivity index (χ0v) is 14.8. The highest BCUT2D eigenvalue weighted by atomic mass is 127. The van der Waals surface area contributed by atoms with Crippen LogP contribution < -0.4 is 4.90 Å². The van der Waals surface area contributed by atoms with Crippen LogP contribution in [0.3, 0.4) is 0 Å². The van der Waals surface area contributed by atoms with Crippen molar-refractivity contribution in [3.63, 3.8) is 0 Å². The molecule has 0 atom stereocenters. The van der Waals surface area contributed by atoms with Gasteiger partial charge in [-0.2, -0.15) is 0 Å². The molecule has 1 aliphatic heterocycles. The van der Waals surface area contributed by atoms with Gasteiger partial charge in [-0.15, -0.1) is 0 Å². The van der Waals surface area contributed by atoms with Crippen LogP contribution in [0.1, 0.15) is 24.8 Å². The SMILES string of the molecule is O=C1C2=C(CCC2)/C(=C(\I)c2ccccc2)N1c1ccccc1. The van der Waals surface area contributed by atoms with E-state index in [0.29, 0.717) is 0 Å². The zero-order chi connectivity index (χ0) is 15.8. The summed E-state index contributed by atoms with van der Waals surface area (Å²) in [6.07, 6.45) is 2.99. The first-order valence-corrected chi connectivity index (χ1v) is 8.92. The molecule has 0 aromatic heterocycles. The van der Waals surface area contributed by atoms with Crippen molar-refractivity contribution in [2.45, 2.75) is 19.3 Å². The van der Waals surface area contributed by atoms with Crippen LogP contribution in [0.4, 0.5) is 5.69 Å². The Kier molecular flexibility index (Phi) is 3.81. The molecule has 1 amide bonds. The highest BCUT2D eigenvalue weighted by Crippen LogP contribution is 2.46. The van der Waals surface area contributed by atoms with E-state index in [0.717, 1.165) is 45.4 Å². The monoisotopic (exact) mass is 413 g/mol. The largest absolute Gasteiger partial charge is 0.276 e. The normalized spacial score (nSPS) is 19.3. The quantitative estimate of drug-likeness (QED) is 0.611. The summed E-state index contributed by atoms with van der Waals surface area (Å²) in [7, 11) is 0. The van der Waals surface area contributed by atoms with Gasteiger partial charge < -0.3 is 0 Å². The molecule has 2 nitrogen and oxygen atoms in total. The van der Waals surface area contributed by atoms with Crippen LogP contribution in [0, 0.1) is 0 Å². The second-order valence-electron chi connectivity index (χ2n) is 5.82. The van der Waals surface area contributed by atoms with Crippen LogP contribution in [0.5, 0.6) is 0 Å². The number of benzene rings is 2. The Morgan fingerprint density at radius 2 is 1.48 bits per heavy atom. The van der Waals surface area contributed by atoms with Gasteiger partial charge in [-0.05, 0) is 65.1 Å². The molecule has 0 fully saturated rings. The number of hydrogen-bond donors (Lipinski definition) is 0. The molecule has 3 heteroatoms. The molecule has 0 N–H and O–H groups in total. The Bertz CT molecular complexity index is 821. The molecule has 0 bridgehead atoms. The third kappa shape index (κ3) is 2.43. The number of allylic oxidation sites excluding steroid dienone is 1. The Labute approximate surface area is 149 Å². The molecule has 4 rings (SSSR count). The van der Waals surface area contributed by atoms with E-state index in [1.807, 2.05) is 53.4 Å². The average Bonchev–Trinajstić information content (AvgIpc) is 3.18. The van der Waals surface area contributed by atoms with Crippen LogP contribution in [0.15, 0.2) is 77.5 Å². The fourth-order valence-electron chi connectivity index (χ4n) is 3.39. The standard InChI is InChI=1S/C20H16INO/c21-18(14-8-3-1-4-9-14)19-16-12-7-13-17(16)20(23)22(19)15-10-5-2-6-11-15/h1-6,8-11H,7,12-13H2/b19-18+. The van der Waals surface area contributed by atoms with Crippen molar-refractivity contribution in [3.8, 4) is 0 Å². The summed E-state index contributed by atoms with van der Waals surface area (Å²) in [5.41, 5.74) is 5.45. The minimum absolute atomic E-state index is 0.156. The Morgan fingerprint density at radius 1 is 0.870 bits per heavy atom. The smallest absolute Gasteiger partial charge is 0.259 e. The molecule has 0 saturated heterocycles. The van der Waals surface area contributed by atoms with Crippen LogP contribution >= 0.6 is 22.6 Å². The molecule has 23 heavy (non-hydrogen) atoms. The highest BCUT2D eigenvalue weighted by Gasteiger charge is 2.39. The van der Waals surface area contributed by atoms with E-state index >= 15 is 0 Å². The van der Waals surface area contributed by atoms with E-state index in [-0.39, 0.29) is 5.91 Å². The van der Waals surface area contributed by atoms with Crippen molar-refractivity contribution in [2.75, 3.05) is 4.90 Å². The number of halogens is 1. The summed E-state index contributed by atoms with van der Waals surface area (Å²) in [6, 6.07) is 20.3. The lowest BCUT2D eigenvalue weighted by atomic mass is 10.1. The predicted molar refractivity (Wildman–Crippen MR) is 102 cm³/mol. The summed E-state index contributed by atoms with van der Waals surface area (Å²) in [5, 5.41) is 0. The van der Waals surface area contributed by atoms with E-state index in [2.05, 4.69) is 34.7 Å². The zero-order valence-electron chi connectivity index (χ0n) is 12.6. The van der Waals surface area contributed by atoms with Crippen molar-refractivity contribution in [3.05, 3.63) is 83.1 Å². The molecule has 2 aromatic rings. The number of hydrogen-bond acceptors (Lipinski definition) is 1. The highest BCUT2D eigenvalue weighted by molar-refractivity contribution is 14.1. The molecule has 0 spiro atoms. The topological polar surface area (TPSA) is 20.3 Å². The van der Waals surface area contributed by atoms with Crippen molar-refractivity contribution in [1.82, 2.24) is 0 Å². The molecule has 0 unspecified atom stereocenters. The summed E-state index contributed by atoms with van der Waals surface area (Å²) in [6.45, 7) is 0. The van der Waals surface area contributed by atoms with Gasteiger partial charge in [-0.25, -0.2) is 0 Å². The van der Waals surface area contributed by atoms with Gasteiger partial charge in [0.1, 0.15) is 0 Å². The first-order chi connectivity index (χ1) is 11.3. The molecule has 0 saturated carbocycles. The van der Waals surface area contributed by atoms with Crippen LogP contribution in [0.2, 0.25) is 0 Å². The van der Waals surface area contributed by atoms with E-state index in [9.17, 15) is 4.79 Å². The maximum atomic E-state index is 13.0. The molecule has 2 aliphatic rings.